The van der Waals surface area contributed by atoms with Gasteiger partial charge in [0.05, 0.1) is 13.2 Å². The van der Waals surface area contributed by atoms with E-state index in [0.717, 1.165) is 57.2 Å². The molecular weight excluding hydrogens is 337 g/mol. The SMILES string of the molecule is CN=C(NCCCOC1CCOCC1)N(C)Cc1ccc(OC)c(F)c1. The van der Waals surface area contributed by atoms with Gasteiger partial charge < -0.3 is 24.4 Å². The molecule has 1 aromatic rings. The van der Waals surface area contributed by atoms with E-state index in [1.54, 1.807) is 13.1 Å². The van der Waals surface area contributed by atoms with Crippen molar-refractivity contribution in [1.29, 1.82) is 0 Å². The van der Waals surface area contributed by atoms with Gasteiger partial charge in [-0.25, -0.2) is 4.39 Å². The van der Waals surface area contributed by atoms with Crippen LogP contribution in [0, 0.1) is 5.82 Å². The molecule has 0 radical (unpaired) electrons. The summed E-state index contributed by atoms with van der Waals surface area (Å²) in [5.74, 6) is 0.669. The van der Waals surface area contributed by atoms with Crippen LogP contribution in [0.1, 0.15) is 24.8 Å². The minimum atomic E-state index is -0.355. The molecule has 1 aromatic carbocycles. The van der Waals surface area contributed by atoms with Gasteiger partial charge in [-0.05, 0) is 37.0 Å². The zero-order valence-electron chi connectivity index (χ0n) is 16.0. The summed E-state index contributed by atoms with van der Waals surface area (Å²) >= 11 is 0. The van der Waals surface area contributed by atoms with Crippen molar-refractivity contribution < 1.29 is 18.6 Å². The molecule has 0 bridgehead atoms. The molecule has 2 rings (SSSR count). The van der Waals surface area contributed by atoms with Crippen LogP contribution in [0.2, 0.25) is 0 Å². The highest BCUT2D eigenvalue weighted by Crippen LogP contribution is 2.18. The zero-order valence-corrected chi connectivity index (χ0v) is 16.0. The smallest absolute Gasteiger partial charge is 0.193 e. The van der Waals surface area contributed by atoms with E-state index >= 15 is 0 Å². The van der Waals surface area contributed by atoms with Gasteiger partial charge in [0.2, 0.25) is 0 Å². The van der Waals surface area contributed by atoms with Crippen molar-refractivity contribution in [3.05, 3.63) is 29.6 Å². The van der Waals surface area contributed by atoms with Crippen molar-refractivity contribution in [3.8, 4) is 5.75 Å². The number of methoxy groups -OCH3 is 1. The Morgan fingerprint density at radius 2 is 2.15 bits per heavy atom. The molecule has 1 fully saturated rings. The van der Waals surface area contributed by atoms with Gasteiger partial charge in [-0.3, -0.25) is 4.99 Å². The van der Waals surface area contributed by atoms with Crippen LogP contribution in [0.4, 0.5) is 4.39 Å². The summed E-state index contributed by atoms with van der Waals surface area (Å²) in [6.07, 6.45) is 3.20. The maximum atomic E-state index is 13.8. The molecule has 1 aliphatic rings. The van der Waals surface area contributed by atoms with E-state index in [2.05, 4.69) is 10.3 Å². The standard InChI is InChI=1S/C19H30FN3O3/c1-21-19(22-9-4-10-26-16-7-11-25-12-8-16)23(2)14-15-5-6-18(24-3)17(20)13-15/h5-6,13,16H,4,7-12,14H2,1-3H3,(H,21,22). The molecule has 7 heteroatoms. The Morgan fingerprint density at radius 1 is 1.38 bits per heavy atom. The lowest BCUT2D eigenvalue weighted by Gasteiger charge is -2.24. The van der Waals surface area contributed by atoms with Crippen LogP contribution in [-0.2, 0) is 16.0 Å². The van der Waals surface area contributed by atoms with Crippen LogP contribution >= 0.6 is 0 Å². The van der Waals surface area contributed by atoms with Crippen LogP contribution in [0.3, 0.4) is 0 Å². The molecular formula is C19H30FN3O3. The first-order valence-electron chi connectivity index (χ1n) is 9.07. The summed E-state index contributed by atoms with van der Waals surface area (Å²) in [4.78, 5) is 6.24. The van der Waals surface area contributed by atoms with Gasteiger partial charge in [-0.1, -0.05) is 6.07 Å². The van der Waals surface area contributed by atoms with Crippen molar-refractivity contribution in [1.82, 2.24) is 10.2 Å². The molecule has 146 valence electrons. The fraction of sp³-hybridized carbons (Fsp3) is 0.632. The van der Waals surface area contributed by atoms with Gasteiger partial charge in [-0.2, -0.15) is 0 Å². The summed E-state index contributed by atoms with van der Waals surface area (Å²) in [5.41, 5.74) is 0.858. The number of guanidine groups is 1. The monoisotopic (exact) mass is 367 g/mol. The Labute approximate surface area is 155 Å². The van der Waals surface area contributed by atoms with Gasteiger partial charge in [-0.15, -0.1) is 0 Å². The summed E-state index contributed by atoms with van der Waals surface area (Å²) in [6, 6.07) is 4.99. The summed E-state index contributed by atoms with van der Waals surface area (Å²) in [7, 11) is 5.13. The Balaban J connectivity index is 1.70. The van der Waals surface area contributed by atoms with Crippen molar-refractivity contribution >= 4 is 5.96 Å². The number of hydrogen-bond acceptors (Lipinski definition) is 4. The number of nitrogens with zero attached hydrogens (tertiary/aromatic N) is 2. The fourth-order valence-corrected chi connectivity index (χ4v) is 2.91. The van der Waals surface area contributed by atoms with Crippen LogP contribution in [0.5, 0.6) is 5.75 Å². The molecule has 6 nitrogen and oxygen atoms in total. The second-order valence-electron chi connectivity index (χ2n) is 6.34. The fourth-order valence-electron chi connectivity index (χ4n) is 2.91. The van der Waals surface area contributed by atoms with Gasteiger partial charge in [0.15, 0.2) is 17.5 Å². The van der Waals surface area contributed by atoms with E-state index in [1.165, 1.54) is 13.2 Å². The van der Waals surface area contributed by atoms with Gasteiger partial charge in [0, 0.05) is 47.0 Å². The molecule has 0 amide bonds. The molecule has 0 aromatic heterocycles. The van der Waals surface area contributed by atoms with Crippen LogP contribution in [0.15, 0.2) is 23.2 Å². The molecule has 0 atom stereocenters. The van der Waals surface area contributed by atoms with Gasteiger partial charge in [0.1, 0.15) is 0 Å². The number of ether oxygens (including phenoxy) is 3. The average molecular weight is 367 g/mol. The number of halogens is 1. The maximum absolute atomic E-state index is 13.8. The number of nitrogens with one attached hydrogen (secondary N) is 1. The Hall–Kier alpha value is -1.86. The highest BCUT2D eigenvalue weighted by atomic mass is 19.1. The average Bonchev–Trinajstić information content (AvgIpc) is 2.65. The second-order valence-corrected chi connectivity index (χ2v) is 6.34. The van der Waals surface area contributed by atoms with Crippen molar-refractivity contribution in [2.45, 2.75) is 31.9 Å². The first-order valence-corrected chi connectivity index (χ1v) is 9.07. The number of hydrogen-bond donors (Lipinski definition) is 1. The minimum absolute atomic E-state index is 0.253. The molecule has 1 N–H and O–H groups in total. The maximum Gasteiger partial charge on any atom is 0.193 e. The van der Waals surface area contributed by atoms with E-state index in [0.29, 0.717) is 12.6 Å². The van der Waals surface area contributed by atoms with E-state index in [9.17, 15) is 4.39 Å². The first kappa shape index (κ1) is 20.5. The highest BCUT2D eigenvalue weighted by Gasteiger charge is 2.13. The van der Waals surface area contributed by atoms with E-state index in [-0.39, 0.29) is 11.6 Å². The predicted octanol–water partition coefficient (Wildman–Crippen LogP) is 2.43. The topological polar surface area (TPSA) is 55.3 Å². The normalized spacial score (nSPS) is 15.8. The zero-order chi connectivity index (χ0) is 18.8. The molecule has 1 saturated heterocycles. The molecule has 0 unspecified atom stereocenters. The van der Waals surface area contributed by atoms with Crippen LogP contribution in [0.25, 0.3) is 0 Å². The molecule has 0 aliphatic carbocycles. The Kier molecular flexibility index (Phi) is 8.64. The molecule has 26 heavy (non-hydrogen) atoms. The largest absolute Gasteiger partial charge is 0.494 e. The predicted molar refractivity (Wildman–Crippen MR) is 100 cm³/mol. The Morgan fingerprint density at radius 3 is 2.81 bits per heavy atom. The van der Waals surface area contributed by atoms with Crippen molar-refractivity contribution in [2.75, 3.05) is 47.6 Å². The molecule has 1 heterocycles. The third-order valence-electron chi connectivity index (χ3n) is 4.34. The number of aliphatic imine (C=N–C) groups is 1. The molecule has 0 spiro atoms. The quantitative estimate of drug-likeness (QED) is 0.434. The Bertz CT molecular complexity index is 577. The van der Waals surface area contributed by atoms with Crippen LogP contribution in [-0.4, -0.2) is 64.5 Å². The van der Waals surface area contributed by atoms with Crippen LogP contribution < -0.4 is 10.1 Å². The lowest BCUT2D eigenvalue weighted by Crippen LogP contribution is -2.39. The van der Waals surface area contributed by atoms with E-state index in [1.807, 2.05) is 18.0 Å². The minimum Gasteiger partial charge on any atom is -0.494 e. The number of benzene rings is 1. The summed E-state index contributed by atoms with van der Waals surface area (Å²) in [6.45, 7) is 3.65. The summed E-state index contributed by atoms with van der Waals surface area (Å²) in [5, 5.41) is 3.32. The number of rotatable bonds is 8. The van der Waals surface area contributed by atoms with Crippen molar-refractivity contribution in [2.24, 2.45) is 4.99 Å². The van der Waals surface area contributed by atoms with E-state index in [4.69, 9.17) is 14.2 Å². The third kappa shape index (κ3) is 6.46. The lowest BCUT2D eigenvalue weighted by atomic mass is 10.1. The summed E-state index contributed by atoms with van der Waals surface area (Å²) < 4.78 is 30.0. The highest BCUT2D eigenvalue weighted by molar-refractivity contribution is 5.79. The molecule has 0 saturated carbocycles. The third-order valence-corrected chi connectivity index (χ3v) is 4.34. The van der Waals surface area contributed by atoms with Gasteiger partial charge in [0.25, 0.3) is 0 Å². The lowest BCUT2D eigenvalue weighted by molar-refractivity contribution is -0.0320. The molecule has 1 aliphatic heterocycles. The second kappa shape index (κ2) is 11.0. The van der Waals surface area contributed by atoms with Crippen molar-refractivity contribution in [3.63, 3.8) is 0 Å². The van der Waals surface area contributed by atoms with Gasteiger partial charge >= 0.3 is 0 Å². The first-order chi connectivity index (χ1) is 12.6. The van der Waals surface area contributed by atoms with E-state index < -0.39 is 0 Å².